The summed E-state index contributed by atoms with van der Waals surface area (Å²) in [4.78, 5) is 25.2. The van der Waals surface area contributed by atoms with Crippen LogP contribution in [0.25, 0.3) is 0 Å². The van der Waals surface area contributed by atoms with Crippen LogP contribution in [0, 0.1) is 0 Å². The van der Waals surface area contributed by atoms with Crippen molar-refractivity contribution in [2.75, 3.05) is 0 Å². The van der Waals surface area contributed by atoms with E-state index in [1.54, 1.807) is 6.08 Å². The third kappa shape index (κ3) is 6.57. The summed E-state index contributed by atoms with van der Waals surface area (Å²) in [7, 11) is 0. The van der Waals surface area contributed by atoms with Gasteiger partial charge < -0.3 is 14.8 Å². The molecular formula is C26H25NO4. The van der Waals surface area contributed by atoms with Crippen molar-refractivity contribution in [2.24, 2.45) is 0 Å². The summed E-state index contributed by atoms with van der Waals surface area (Å²) in [6, 6.07) is 27.4. The van der Waals surface area contributed by atoms with Gasteiger partial charge in [-0.1, -0.05) is 97.1 Å². The molecule has 0 fully saturated rings. The van der Waals surface area contributed by atoms with Crippen molar-refractivity contribution >= 4 is 12.1 Å². The average molecular weight is 415 g/mol. The van der Waals surface area contributed by atoms with Crippen LogP contribution in [0.4, 0.5) is 4.79 Å². The fourth-order valence-electron chi connectivity index (χ4n) is 3.07. The van der Waals surface area contributed by atoms with Crippen molar-refractivity contribution in [1.82, 2.24) is 5.32 Å². The van der Waals surface area contributed by atoms with Gasteiger partial charge in [0.2, 0.25) is 0 Å². The first-order chi connectivity index (χ1) is 15.2. The van der Waals surface area contributed by atoms with Crippen molar-refractivity contribution in [2.45, 2.75) is 25.2 Å². The Morgan fingerprint density at radius 2 is 1.35 bits per heavy atom. The van der Waals surface area contributed by atoms with Gasteiger partial charge in [0.15, 0.2) is 6.10 Å². The highest BCUT2D eigenvalue weighted by atomic mass is 16.6. The molecule has 0 aromatic heterocycles. The highest BCUT2D eigenvalue weighted by Crippen LogP contribution is 2.26. The average Bonchev–Trinajstić information content (AvgIpc) is 2.82. The van der Waals surface area contributed by atoms with Gasteiger partial charge in [-0.15, -0.1) is 6.58 Å². The van der Waals surface area contributed by atoms with Crippen LogP contribution in [-0.4, -0.2) is 18.1 Å². The Balaban J connectivity index is 1.68. The molecule has 0 saturated carbocycles. The number of benzene rings is 3. The zero-order chi connectivity index (χ0) is 21.9. The molecule has 3 aromatic carbocycles. The maximum atomic E-state index is 13.0. The van der Waals surface area contributed by atoms with Gasteiger partial charge in [-0.05, 0) is 23.1 Å². The molecule has 1 amide bonds. The van der Waals surface area contributed by atoms with Crippen LogP contribution in [0.3, 0.4) is 0 Å². The molecule has 0 saturated heterocycles. The highest BCUT2D eigenvalue weighted by Gasteiger charge is 2.26. The molecule has 0 aliphatic heterocycles. The summed E-state index contributed by atoms with van der Waals surface area (Å²) in [5.74, 6) is -0.561. The maximum Gasteiger partial charge on any atom is 0.408 e. The van der Waals surface area contributed by atoms with Crippen molar-refractivity contribution in [3.05, 3.63) is 120 Å². The van der Waals surface area contributed by atoms with Crippen molar-refractivity contribution in [1.29, 1.82) is 0 Å². The summed E-state index contributed by atoms with van der Waals surface area (Å²) in [5, 5.41) is 2.59. The number of ether oxygens (including phenoxy) is 2. The first-order valence-corrected chi connectivity index (χ1v) is 10.1. The molecule has 0 bridgehead atoms. The minimum absolute atomic E-state index is 0.110. The summed E-state index contributed by atoms with van der Waals surface area (Å²) in [6.45, 7) is 3.79. The number of amides is 1. The predicted molar refractivity (Wildman–Crippen MR) is 119 cm³/mol. The minimum atomic E-state index is -0.907. The van der Waals surface area contributed by atoms with Gasteiger partial charge in [0.1, 0.15) is 12.6 Å². The monoisotopic (exact) mass is 415 g/mol. The Hall–Kier alpha value is -3.86. The molecule has 3 aromatic rings. The normalized spacial score (nSPS) is 11.4. The number of carbonyl (C=O) groups excluding carboxylic acids is 2. The van der Waals surface area contributed by atoms with E-state index in [2.05, 4.69) is 11.9 Å². The topological polar surface area (TPSA) is 64.6 Å². The number of nitrogens with one attached hydrogen (secondary N) is 1. The zero-order valence-corrected chi connectivity index (χ0v) is 17.1. The van der Waals surface area contributed by atoms with Crippen molar-refractivity contribution < 1.29 is 19.1 Å². The fourth-order valence-corrected chi connectivity index (χ4v) is 3.07. The second-order valence-corrected chi connectivity index (χ2v) is 6.92. The second-order valence-electron chi connectivity index (χ2n) is 6.92. The number of rotatable bonds is 9. The van der Waals surface area contributed by atoms with E-state index in [1.165, 1.54) is 0 Å². The molecule has 5 heteroatoms. The number of carbonyl (C=O) groups is 2. The van der Waals surface area contributed by atoms with Crippen LogP contribution in [0.5, 0.6) is 0 Å². The largest absolute Gasteiger partial charge is 0.451 e. The van der Waals surface area contributed by atoms with Crippen LogP contribution in [0.15, 0.2) is 104 Å². The fraction of sp³-hybridized carbons (Fsp3) is 0.154. The number of hydrogen-bond donors (Lipinski definition) is 1. The summed E-state index contributed by atoms with van der Waals surface area (Å²) < 4.78 is 11.1. The van der Waals surface area contributed by atoms with Crippen LogP contribution in [0.2, 0.25) is 0 Å². The number of alkyl carbamates (subject to hydrolysis) is 1. The molecular weight excluding hydrogens is 390 g/mol. The van der Waals surface area contributed by atoms with Gasteiger partial charge in [-0.3, -0.25) is 0 Å². The molecule has 3 rings (SSSR count). The molecule has 31 heavy (non-hydrogen) atoms. The van der Waals surface area contributed by atoms with Gasteiger partial charge in [-0.2, -0.15) is 0 Å². The second kappa shape index (κ2) is 11.4. The van der Waals surface area contributed by atoms with E-state index in [-0.39, 0.29) is 13.0 Å². The molecule has 5 nitrogen and oxygen atoms in total. The van der Waals surface area contributed by atoms with E-state index in [9.17, 15) is 9.59 Å². The lowest BCUT2D eigenvalue weighted by Crippen LogP contribution is -2.42. The molecule has 1 unspecified atom stereocenters. The van der Waals surface area contributed by atoms with Gasteiger partial charge in [0, 0.05) is 0 Å². The van der Waals surface area contributed by atoms with Crippen LogP contribution < -0.4 is 5.32 Å². The van der Waals surface area contributed by atoms with E-state index >= 15 is 0 Å². The lowest BCUT2D eigenvalue weighted by Gasteiger charge is -2.22. The Morgan fingerprint density at radius 1 is 0.839 bits per heavy atom. The quantitative estimate of drug-likeness (QED) is 0.386. The molecule has 0 radical (unpaired) electrons. The first-order valence-electron chi connectivity index (χ1n) is 10.1. The third-order valence-electron chi connectivity index (χ3n) is 4.63. The van der Waals surface area contributed by atoms with E-state index in [4.69, 9.17) is 9.47 Å². The predicted octanol–water partition coefficient (Wildman–Crippen LogP) is 5.19. The van der Waals surface area contributed by atoms with Crippen LogP contribution >= 0.6 is 0 Å². The van der Waals surface area contributed by atoms with Gasteiger partial charge in [0.25, 0.3) is 0 Å². The van der Waals surface area contributed by atoms with Crippen molar-refractivity contribution in [3.8, 4) is 0 Å². The van der Waals surface area contributed by atoms with E-state index in [0.29, 0.717) is 0 Å². The summed E-state index contributed by atoms with van der Waals surface area (Å²) in [5.41, 5.74) is 2.53. The van der Waals surface area contributed by atoms with E-state index in [0.717, 1.165) is 16.7 Å². The van der Waals surface area contributed by atoms with Crippen molar-refractivity contribution in [3.63, 3.8) is 0 Å². The van der Waals surface area contributed by atoms with E-state index in [1.807, 2.05) is 91.0 Å². The molecule has 0 spiro atoms. The Labute approximate surface area is 182 Å². The van der Waals surface area contributed by atoms with Crippen LogP contribution in [-0.2, 0) is 20.9 Å². The molecule has 0 aliphatic rings. The number of esters is 1. The standard InChI is InChI=1S/C26H25NO4/c1-2-12-23(27-26(29)30-19-20-13-6-3-7-14-20)25(28)31-24(21-15-8-4-9-16-21)22-17-10-5-11-18-22/h2-11,13-18,23-24H,1,12,19H2,(H,27,29). The SMILES string of the molecule is C=CCC(NC(=O)OCc1ccccc1)C(=O)OC(c1ccccc1)c1ccccc1. The maximum absolute atomic E-state index is 13.0. The summed E-state index contributed by atoms with van der Waals surface area (Å²) >= 11 is 0. The Morgan fingerprint density at radius 3 is 1.87 bits per heavy atom. The minimum Gasteiger partial charge on any atom is -0.451 e. The smallest absolute Gasteiger partial charge is 0.408 e. The van der Waals surface area contributed by atoms with Gasteiger partial charge >= 0.3 is 12.1 Å². The molecule has 1 atom stereocenters. The third-order valence-corrected chi connectivity index (χ3v) is 4.63. The van der Waals surface area contributed by atoms with Gasteiger partial charge in [-0.25, -0.2) is 9.59 Å². The van der Waals surface area contributed by atoms with E-state index < -0.39 is 24.2 Å². The highest BCUT2D eigenvalue weighted by molar-refractivity contribution is 5.82. The first kappa shape index (κ1) is 21.8. The molecule has 0 heterocycles. The molecule has 158 valence electrons. The Bertz CT molecular complexity index is 935. The van der Waals surface area contributed by atoms with Gasteiger partial charge in [0.05, 0.1) is 0 Å². The molecule has 1 N–H and O–H groups in total. The lowest BCUT2D eigenvalue weighted by molar-refractivity contribution is -0.150. The molecule has 0 aliphatic carbocycles. The van der Waals surface area contributed by atoms with Crippen LogP contribution in [0.1, 0.15) is 29.2 Å². The lowest BCUT2D eigenvalue weighted by atomic mass is 10.0. The Kier molecular flexibility index (Phi) is 8.00. The summed E-state index contributed by atoms with van der Waals surface area (Å²) in [6.07, 6.45) is 0.493. The number of hydrogen-bond acceptors (Lipinski definition) is 4. The zero-order valence-electron chi connectivity index (χ0n) is 17.1.